The van der Waals surface area contributed by atoms with Crippen LogP contribution in [0.3, 0.4) is 0 Å². The highest BCUT2D eigenvalue weighted by Crippen LogP contribution is 2.30. The molecule has 5 rings (SSSR count). The van der Waals surface area contributed by atoms with Gasteiger partial charge in [0, 0.05) is 23.3 Å². The summed E-state index contributed by atoms with van der Waals surface area (Å²) in [6.07, 6.45) is 3.17. The zero-order valence-corrected chi connectivity index (χ0v) is 17.3. The highest BCUT2D eigenvalue weighted by Gasteiger charge is 2.23. The number of aromatic nitrogens is 5. The first-order chi connectivity index (χ1) is 14.9. The van der Waals surface area contributed by atoms with Gasteiger partial charge in [0.25, 0.3) is 5.56 Å². The molecule has 156 valence electrons. The summed E-state index contributed by atoms with van der Waals surface area (Å²) in [7, 11) is 0. The second kappa shape index (κ2) is 7.24. The Morgan fingerprint density at radius 1 is 1.19 bits per heavy atom. The Morgan fingerprint density at radius 3 is 2.74 bits per heavy atom. The van der Waals surface area contributed by atoms with E-state index in [1.165, 1.54) is 22.1 Å². The Kier molecular flexibility index (Phi) is 4.51. The van der Waals surface area contributed by atoms with Gasteiger partial charge in [0.05, 0.1) is 22.7 Å². The van der Waals surface area contributed by atoms with Gasteiger partial charge in [-0.15, -0.1) is 11.3 Å². The Balaban J connectivity index is 1.72. The standard InChI is InChI=1S/C21H16F2N6OS/c1-10-8-31-21-28-17(11(2)27-19-15-3-4-24-18(15)25-9-26-19)16(20(30)29(10)21)12-5-13(22)7-14(23)6-12/h3-9,11H,1-2H3,(H2,24,25,26,27). The number of fused-ring (bicyclic) bond motifs is 2. The summed E-state index contributed by atoms with van der Waals surface area (Å²) in [5, 5.41) is 5.85. The van der Waals surface area contributed by atoms with Gasteiger partial charge in [-0.2, -0.15) is 0 Å². The summed E-state index contributed by atoms with van der Waals surface area (Å²) >= 11 is 1.33. The van der Waals surface area contributed by atoms with E-state index in [4.69, 9.17) is 0 Å². The van der Waals surface area contributed by atoms with E-state index >= 15 is 0 Å². The lowest BCUT2D eigenvalue weighted by Crippen LogP contribution is -2.23. The summed E-state index contributed by atoms with van der Waals surface area (Å²) in [5.41, 5.74) is 1.62. The van der Waals surface area contributed by atoms with Gasteiger partial charge in [-0.1, -0.05) is 0 Å². The fraction of sp³-hybridized carbons (Fsp3) is 0.143. The fourth-order valence-corrected chi connectivity index (χ4v) is 4.51. The predicted octanol–water partition coefficient (Wildman–Crippen LogP) is 4.45. The number of rotatable bonds is 4. The fourth-order valence-electron chi connectivity index (χ4n) is 3.64. The normalized spacial score (nSPS) is 12.5. The van der Waals surface area contributed by atoms with Crippen molar-refractivity contribution in [2.45, 2.75) is 19.9 Å². The van der Waals surface area contributed by atoms with Crippen molar-refractivity contribution in [3.05, 3.63) is 75.5 Å². The summed E-state index contributed by atoms with van der Waals surface area (Å²) < 4.78 is 29.4. The zero-order chi connectivity index (χ0) is 21.7. The number of hydrogen-bond acceptors (Lipinski definition) is 6. The van der Waals surface area contributed by atoms with E-state index in [0.29, 0.717) is 27.8 Å². The molecule has 0 saturated carbocycles. The van der Waals surface area contributed by atoms with Crippen molar-refractivity contribution >= 4 is 33.1 Å². The average molecular weight is 438 g/mol. The van der Waals surface area contributed by atoms with Crippen LogP contribution in [0.15, 0.2) is 47.0 Å². The number of nitrogens with one attached hydrogen (secondary N) is 2. The molecule has 4 heterocycles. The van der Waals surface area contributed by atoms with Crippen molar-refractivity contribution < 1.29 is 8.78 Å². The first-order valence-corrected chi connectivity index (χ1v) is 10.3. The van der Waals surface area contributed by atoms with Crippen LogP contribution in [0.25, 0.3) is 27.1 Å². The van der Waals surface area contributed by atoms with E-state index in [1.54, 1.807) is 13.1 Å². The van der Waals surface area contributed by atoms with Crippen LogP contribution in [0.1, 0.15) is 24.4 Å². The van der Waals surface area contributed by atoms with Crippen LogP contribution in [-0.2, 0) is 0 Å². The van der Waals surface area contributed by atoms with Gasteiger partial charge in [-0.25, -0.2) is 23.7 Å². The van der Waals surface area contributed by atoms with Gasteiger partial charge in [0.2, 0.25) is 0 Å². The van der Waals surface area contributed by atoms with Gasteiger partial charge >= 0.3 is 0 Å². The number of aromatic amines is 1. The zero-order valence-electron chi connectivity index (χ0n) is 16.5. The number of thiazole rings is 1. The number of benzene rings is 1. The van der Waals surface area contributed by atoms with E-state index < -0.39 is 17.7 Å². The Hall–Kier alpha value is -3.66. The molecule has 5 aromatic rings. The van der Waals surface area contributed by atoms with Crippen LogP contribution < -0.4 is 10.9 Å². The third-order valence-electron chi connectivity index (χ3n) is 5.04. The molecule has 0 aliphatic rings. The molecule has 0 aliphatic heterocycles. The van der Waals surface area contributed by atoms with Crippen LogP contribution in [0.4, 0.5) is 14.6 Å². The molecule has 0 fully saturated rings. The van der Waals surface area contributed by atoms with E-state index in [2.05, 4.69) is 25.3 Å². The SMILES string of the molecule is Cc1csc2nc(C(C)Nc3ncnc4[nH]ccc34)c(-c3cc(F)cc(F)c3)c(=O)n12. The molecule has 1 atom stereocenters. The van der Waals surface area contributed by atoms with Crippen LogP contribution >= 0.6 is 11.3 Å². The molecule has 0 spiro atoms. The quantitative estimate of drug-likeness (QED) is 0.433. The lowest BCUT2D eigenvalue weighted by Gasteiger charge is -2.18. The number of hydrogen-bond donors (Lipinski definition) is 2. The predicted molar refractivity (Wildman–Crippen MR) is 115 cm³/mol. The maximum Gasteiger partial charge on any atom is 0.266 e. The first kappa shape index (κ1) is 19.3. The molecule has 10 heteroatoms. The maximum absolute atomic E-state index is 14.0. The summed E-state index contributed by atoms with van der Waals surface area (Å²) in [6, 6.07) is 4.39. The number of halogens is 2. The topological polar surface area (TPSA) is 88.0 Å². The molecule has 0 bridgehead atoms. The molecule has 4 aromatic heterocycles. The molecule has 2 N–H and O–H groups in total. The highest BCUT2D eigenvalue weighted by atomic mass is 32.1. The Morgan fingerprint density at radius 2 is 1.97 bits per heavy atom. The molecule has 0 saturated heterocycles. The van der Waals surface area contributed by atoms with Crippen molar-refractivity contribution in [2.75, 3.05) is 5.32 Å². The minimum atomic E-state index is -0.766. The maximum atomic E-state index is 14.0. The lowest BCUT2D eigenvalue weighted by molar-refractivity contribution is 0.584. The molecular weight excluding hydrogens is 422 g/mol. The van der Waals surface area contributed by atoms with E-state index in [-0.39, 0.29) is 16.7 Å². The van der Waals surface area contributed by atoms with Crippen molar-refractivity contribution in [3.8, 4) is 11.1 Å². The van der Waals surface area contributed by atoms with Crippen LogP contribution in [0, 0.1) is 18.6 Å². The molecule has 0 aliphatic carbocycles. The van der Waals surface area contributed by atoms with E-state index in [1.807, 2.05) is 18.4 Å². The first-order valence-electron chi connectivity index (χ1n) is 9.44. The molecule has 1 aromatic carbocycles. The average Bonchev–Trinajstić information content (AvgIpc) is 3.34. The molecule has 0 radical (unpaired) electrons. The van der Waals surface area contributed by atoms with E-state index in [9.17, 15) is 13.6 Å². The van der Waals surface area contributed by atoms with Gasteiger partial charge < -0.3 is 10.3 Å². The Labute approximate surface area is 178 Å². The second-order valence-corrected chi connectivity index (χ2v) is 8.00. The smallest absolute Gasteiger partial charge is 0.266 e. The molecule has 31 heavy (non-hydrogen) atoms. The number of nitrogens with zero attached hydrogens (tertiary/aromatic N) is 4. The van der Waals surface area contributed by atoms with Crippen LogP contribution in [0.5, 0.6) is 0 Å². The Bertz CT molecular complexity index is 1490. The second-order valence-electron chi connectivity index (χ2n) is 7.16. The van der Waals surface area contributed by atoms with Crippen molar-refractivity contribution in [1.29, 1.82) is 0 Å². The van der Waals surface area contributed by atoms with Gasteiger partial charge in [0.1, 0.15) is 29.4 Å². The summed E-state index contributed by atoms with van der Waals surface area (Å²) in [4.78, 5) is 30.1. The highest BCUT2D eigenvalue weighted by molar-refractivity contribution is 7.15. The van der Waals surface area contributed by atoms with Crippen molar-refractivity contribution in [3.63, 3.8) is 0 Å². The van der Waals surface area contributed by atoms with Gasteiger partial charge in [-0.05, 0) is 37.6 Å². The summed E-state index contributed by atoms with van der Waals surface area (Å²) in [5.74, 6) is -0.977. The number of H-pyrrole nitrogens is 1. The number of aryl methyl sites for hydroxylation is 1. The molecule has 7 nitrogen and oxygen atoms in total. The van der Waals surface area contributed by atoms with Gasteiger partial charge in [0.15, 0.2) is 4.96 Å². The number of anilines is 1. The largest absolute Gasteiger partial charge is 0.361 e. The lowest BCUT2D eigenvalue weighted by atomic mass is 10.0. The molecular formula is C21H16F2N6OS. The van der Waals surface area contributed by atoms with E-state index in [0.717, 1.165) is 23.6 Å². The summed E-state index contributed by atoms with van der Waals surface area (Å²) in [6.45, 7) is 3.60. The molecule has 1 unspecified atom stereocenters. The van der Waals surface area contributed by atoms with Gasteiger partial charge in [-0.3, -0.25) is 9.20 Å². The minimum Gasteiger partial charge on any atom is -0.361 e. The van der Waals surface area contributed by atoms with Crippen molar-refractivity contribution in [1.82, 2.24) is 24.3 Å². The monoisotopic (exact) mass is 438 g/mol. The third kappa shape index (κ3) is 3.25. The van der Waals surface area contributed by atoms with Crippen molar-refractivity contribution in [2.24, 2.45) is 0 Å². The van der Waals surface area contributed by atoms with Crippen LogP contribution in [0.2, 0.25) is 0 Å². The molecule has 0 amide bonds. The third-order valence-corrected chi connectivity index (χ3v) is 5.98. The minimum absolute atomic E-state index is 0.133. The van der Waals surface area contributed by atoms with Crippen LogP contribution in [-0.4, -0.2) is 24.3 Å².